The number of hydrogen-bond donors (Lipinski definition) is 3. The van der Waals surface area contributed by atoms with Crippen LogP contribution in [-0.2, 0) is 0 Å². The normalized spacial score (nSPS) is 14.6. The van der Waals surface area contributed by atoms with E-state index >= 15 is 0 Å². The fourth-order valence-electron chi connectivity index (χ4n) is 1.30. The zero-order valence-electron chi connectivity index (χ0n) is 9.14. The second kappa shape index (κ2) is 6.00. The molecule has 0 aromatic carbocycles. The highest BCUT2D eigenvalue weighted by Gasteiger charge is 2.19. The van der Waals surface area contributed by atoms with Gasteiger partial charge in [-0.15, -0.1) is 0 Å². The lowest BCUT2D eigenvalue weighted by Gasteiger charge is -2.17. The summed E-state index contributed by atoms with van der Waals surface area (Å²) < 4.78 is 4.89. The summed E-state index contributed by atoms with van der Waals surface area (Å²) >= 11 is 5.86. The van der Waals surface area contributed by atoms with Crippen LogP contribution in [0.5, 0.6) is 5.88 Å². The predicted molar refractivity (Wildman–Crippen MR) is 60.7 cm³/mol. The van der Waals surface area contributed by atoms with Gasteiger partial charge in [-0.2, -0.15) is 0 Å². The molecule has 1 aromatic rings. The molecular weight excluding hydrogens is 232 g/mol. The third-order valence-corrected chi connectivity index (χ3v) is 2.41. The van der Waals surface area contributed by atoms with Crippen LogP contribution in [0.2, 0.25) is 5.02 Å². The van der Waals surface area contributed by atoms with E-state index in [9.17, 15) is 10.2 Å². The molecule has 90 valence electrons. The summed E-state index contributed by atoms with van der Waals surface area (Å²) in [6.45, 7) is 0.283. The molecule has 3 N–H and O–H groups in total. The van der Waals surface area contributed by atoms with Crippen LogP contribution < -0.4 is 10.1 Å². The maximum absolute atomic E-state index is 9.78. The number of aliphatic hydroxyl groups excluding tert-OH is 2. The highest BCUT2D eigenvalue weighted by molar-refractivity contribution is 6.31. The van der Waals surface area contributed by atoms with E-state index in [1.165, 1.54) is 19.4 Å². The van der Waals surface area contributed by atoms with Crippen molar-refractivity contribution >= 4 is 11.6 Å². The zero-order chi connectivity index (χ0) is 12.1. The lowest BCUT2D eigenvalue weighted by atomic mass is 10.1. The number of rotatable bonds is 5. The predicted octanol–water partition coefficient (Wildman–Crippen LogP) is 0.357. The van der Waals surface area contributed by atoms with Gasteiger partial charge in [0.1, 0.15) is 11.1 Å². The molecule has 0 bridgehead atoms. The molecule has 5 nitrogen and oxygen atoms in total. The van der Waals surface area contributed by atoms with E-state index in [1.807, 2.05) is 0 Å². The summed E-state index contributed by atoms with van der Waals surface area (Å²) in [4.78, 5) is 3.91. The molecule has 16 heavy (non-hydrogen) atoms. The van der Waals surface area contributed by atoms with Gasteiger partial charge in [-0.3, -0.25) is 0 Å². The molecule has 1 rings (SSSR count). The average Bonchev–Trinajstić information content (AvgIpc) is 2.28. The van der Waals surface area contributed by atoms with Crippen molar-refractivity contribution in [1.82, 2.24) is 10.3 Å². The van der Waals surface area contributed by atoms with Gasteiger partial charge in [-0.05, 0) is 13.1 Å². The minimum atomic E-state index is -1.02. The fraction of sp³-hybridized carbons (Fsp3) is 0.500. The summed E-state index contributed by atoms with van der Waals surface area (Å²) in [5.74, 6) is 0.292. The first-order valence-corrected chi connectivity index (χ1v) is 5.18. The van der Waals surface area contributed by atoms with Gasteiger partial charge in [-0.1, -0.05) is 11.6 Å². The third-order valence-electron chi connectivity index (χ3n) is 2.14. The summed E-state index contributed by atoms with van der Waals surface area (Å²) in [7, 11) is 3.15. The molecule has 1 heterocycles. The molecule has 0 saturated carbocycles. The molecule has 2 atom stereocenters. The first kappa shape index (κ1) is 13.2. The number of nitrogens with one attached hydrogen (secondary N) is 1. The summed E-state index contributed by atoms with van der Waals surface area (Å²) in [6.07, 6.45) is -0.506. The first-order chi connectivity index (χ1) is 7.60. The van der Waals surface area contributed by atoms with Crippen LogP contribution in [0.15, 0.2) is 12.3 Å². The van der Waals surface area contributed by atoms with Crippen LogP contribution in [0.3, 0.4) is 0 Å². The van der Waals surface area contributed by atoms with E-state index in [1.54, 1.807) is 7.05 Å². The first-order valence-electron chi connectivity index (χ1n) is 4.80. The average molecular weight is 247 g/mol. The Labute approximate surface area is 99.0 Å². The molecule has 0 aliphatic heterocycles. The second-order valence-corrected chi connectivity index (χ2v) is 3.74. The Balaban J connectivity index is 2.84. The Morgan fingerprint density at radius 1 is 1.56 bits per heavy atom. The molecule has 6 heteroatoms. The number of ether oxygens (including phenoxy) is 1. The molecular formula is C10H15ClN2O3. The van der Waals surface area contributed by atoms with Gasteiger partial charge in [0.25, 0.3) is 0 Å². The monoisotopic (exact) mass is 246 g/mol. The Bertz CT molecular complexity index is 349. The largest absolute Gasteiger partial charge is 0.480 e. The Morgan fingerprint density at radius 2 is 2.25 bits per heavy atom. The number of likely N-dealkylation sites (N-methyl/N-ethyl adjacent to an activating group) is 1. The molecule has 0 aliphatic rings. The third kappa shape index (κ3) is 3.05. The second-order valence-electron chi connectivity index (χ2n) is 3.33. The number of halogens is 1. The van der Waals surface area contributed by atoms with Gasteiger partial charge in [0.05, 0.1) is 13.2 Å². The number of aliphatic hydroxyl groups is 2. The zero-order valence-corrected chi connectivity index (χ0v) is 9.90. The highest BCUT2D eigenvalue weighted by Crippen LogP contribution is 2.25. The number of pyridine rings is 1. The number of hydrogen-bond acceptors (Lipinski definition) is 5. The standard InChI is InChI=1S/C10H15ClN2O3/c1-12-5-8(14)9(15)6-3-7(11)10(16-2)13-4-6/h3-4,8-9,12,14-15H,5H2,1-2H3. The van der Waals surface area contributed by atoms with Crippen LogP contribution in [0.25, 0.3) is 0 Å². The van der Waals surface area contributed by atoms with E-state index in [-0.39, 0.29) is 6.54 Å². The maximum Gasteiger partial charge on any atom is 0.232 e. The van der Waals surface area contributed by atoms with Gasteiger partial charge < -0.3 is 20.3 Å². The van der Waals surface area contributed by atoms with Crippen molar-refractivity contribution in [2.75, 3.05) is 20.7 Å². The van der Waals surface area contributed by atoms with E-state index in [0.717, 1.165) is 0 Å². The van der Waals surface area contributed by atoms with E-state index in [0.29, 0.717) is 16.5 Å². The van der Waals surface area contributed by atoms with Crippen molar-refractivity contribution in [2.24, 2.45) is 0 Å². The SMILES string of the molecule is CNCC(O)C(O)c1cnc(OC)c(Cl)c1. The number of nitrogens with zero attached hydrogens (tertiary/aromatic N) is 1. The van der Waals surface area contributed by atoms with Crippen molar-refractivity contribution in [3.63, 3.8) is 0 Å². The molecule has 1 aromatic heterocycles. The minimum absolute atomic E-state index is 0.283. The topological polar surface area (TPSA) is 74.6 Å². The van der Waals surface area contributed by atoms with Gasteiger partial charge in [-0.25, -0.2) is 4.98 Å². The lowest BCUT2D eigenvalue weighted by molar-refractivity contribution is 0.0200. The molecule has 0 spiro atoms. The fourth-order valence-corrected chi connectivity index (χ4v) is 1.55. The summed E-state index contributed by atoms with van der Waals surface area (Å²) in [6, 6.07) is 1.52. The number of methoxy groups -OCH3 is 1. The molecule has 0 fully saturated rings. The van der Waals surface area contributed by atoms with Crippen LogP contribution in [0.4, 0.5) is 0 Å². The van der Waals surface area contributed by atoms with Gasteiger partial charge in [0.15, 0.2) is 0 Å². The van der Waals surface area contributed by atoms with E-state index in [4.69, 9.17) is 16.3 Å². The Morgan fingerprint density at radius 3 is 2.75 bits per heavy atom. The van der Waals surface area contributed by atoms with Gasteiger partial charge in [0, 0.05) is 18.3 Å². The van der Waals surface area contributed by atoms with Crippen LogP contribution in [0, 0.1) is 0 Å². The molecule has 0 amide bonds. The van der Waals surface area contributed by atoms with Crippen molar-refractivity contribution in [3.05, 3.63) is 22.8 Å². The molecule has 0 saturated heterocycles. The summed E-state index contributed by atoms with van der Waals surface area (Å²) in [5.41, 5.74) is 0.452. The van der Waals surface area contributed by atoms with E-state index in [2.05, 4.69) is 10.3 Å². The highest BCUT2D eigenvalue weighted by atomic mass is 35.5. The summed E-state index contributed by atoms with van der Waals surface area (Å²) in [5, 5.41) is 22.4. The maximum atomic E-state index is 9.78. The quantitative estimate of drug-likeness (QED) is 0.700. The molecule has 0 radical (unpaired) electrons. The smallest absolute Gasteiger partial charge is 0.232 e. The van der Waals surface area contributed by atoms with E-state index < -0.39 is 12.2 Å². The van der Waals surface area contributed by atoms with Crippen molar-refractivity contribution in [1.29, 1.82) is 0 Å². The van der Waals surface area contributed by atoms with Gasteiger partial charge >= 0.3 is 0 Å². The van der Waals surface area contributed by atoms with Crippen LogP contribution in [-0.4, -0.2) is 42.0 Å². The number of aromatic nitrogens is 1. The minimum Gasteiger partial charge on any atom is -0.480 e. The van der Waals surface area contributed by atoms with Crippen molar-refractivity contribution in [2.45, 2.75) is 12.2 Å². The lowest BCUT2D eigenvalue weighted by Crippen LogP contribution is -2.29. The van der Waals surface area contributed by atoms with Crippen LogP contribution in [0.1, 0.15) is 11.7 Å². The Kier molecular flexibility index (Phi) is 4.95. The molecule has 2 unspecified atom stereocenters. The van der Waals surface area contributed by atoms with Crippen molar-refractivity contribution in [3.8, 4) is 5.88 Å². The Hall–Kier alpha value is -0.880. The molecule has 0 aliphatic carbocycles. The van der Waals surface area contributed by atoms with Crippen LogP contribution >= 0.6 is 11.6 Å². The van der Waals surface area contributed by atoms with Gasteiger partial charge in [0.2, 0.25) is 5.88 Å². The van der Waals surface area contributed by atoms with Crippen molar-refractivity contribution < 1.29 is 14.9 Å².